The van der Waals surface area contributed by atoms with Gasteiger partial charge in [-0.15, -0.1) is 0 Å². The lowest BCUT2D eigenvalue weighted by Gasteiger charge is -2.26. The Morgan fingerprint density at radius 1 is 0.950 bits per heavy atom. The summed E-state index contributed by atoms with van der Waals surface area (Å²) in [7, 11) is 0. The second-order valence-electron chi connectivity index (χ2n) is 6.12. The molecule has 0 aliphatic heterocycles. The quantitative estimate of drug-likeness (QED) is 0.861. The SMILES string of the molecule is Cc1ccc(C(N)c2cccc(C3CCC3)c2)cc1C. The van der Waals surface area contributed by atoms with Crippen molar-refractivity contribution in [1.29, 1.82) is 0 Å². The highest BCUT2D eigenvalue weighted by molar-refractivity contribution is 5.38. The first-order valence-corrected chi connectivity index (χ1v) is 7.58. The maximum absolute atomic E-state index is 6.46. The first kappa shape index (κ1) is 13.4. The topological polar surface area (TPSA) is 26.0 Å². The third-order valence-corrected chi connectivity index (χ3v) is 4.74. The van der Waals surface area contributed by atoms with Crippen molar-refractivity contribution in [3.63, 3.8) is 0 Å². The lowest BCUT2D eigenvalue weighted by molar-refractivity contribution is 0.419. The van der Waals surface area contributed by atoms with E-state index in [-0.39, 0.29) is 6.04 Å². The average Bonchev–Trinajstić information content (AvgIpc) is 2.39. The molecule has 1 saturated carbocycles. The molecule has 2 aromatic carbocycles. The third kappa shape index (κ3) is 2.51. The van der Waals surface area contributed by atoms with Crippen molar-refractivity contribution < 1.29 is 0 Å². The fraction of sp³-hybridized carbons (Fsp3) is 0.368. The molecule has 0 amide bonds. The molecule has 104 valence electrons. The minimum atomic E-state index is -0.0191. The van der Waals surface area contributed by atoms with Gasteiger partial charge in [0.15, 0.2) is 0 Å². The van der Waals surface area contributed by atoms with Crippen LogP contribution in [0, 0.1) is 13.8 Å². The molecule has 1 unspecified atom stereocenters. The summed E-state index contributed by atoms with van der Waals surface area (Å²) in [6.45, 7) is 4.29. The predicted octanol–water partition coefficient (Wildman–Crippen LogP) is 4.62. The van der Waals surface area contributed by atoms with Crippen molar-refractivity contribution in [1.82, 2.24) is 0 Å². The lowest BCUT2D eigenvalue weighted by atomic mass is 9.79. The largest absolute Gasteiger partial charge is 0.320 e. The van der Waals surface area contributed by atoms with E-state index in [0.29, 0.717) is 0 Å². The second-order valence-corrected chi connectivity index (χ2v) is 6.12. The highest BCUT2D eigenvalue weighted by Gasteiger charge is 2.20. The monoisotopic (exact) mass is 265 g/mol. The van der Waals surface area contributed by atoms with Crippen LogP contribution in [0.3, 0.4) is 0 Å². The fourth-order valence-electron chi connectivity index (χ4n) is 2.90. The molecule has 0 aromatic heterocycles. The van der Waals surface area contributed by atoms with Gasteiger partial charge in [-0.2, -0.15) is 0 Å². The molecule has 20 heavy (non-hydrogen) atoms. The van der Waals surface area contributed by atoms with Gasteiger partial charge in [-0.25, -0.2) is 0 Å². The van der Waals surface area contributed by atoms with Crippen LogP contribution in [-0.2, 0) is 0 Å². The molecular formula is C19H23N. The Morgan fingerprint density at radius 2 is 1.70 bits per heavy atom. The number of aryl methyl sites for hydroxylation is 2. The van der Waals surface area contributed by atoms with E-state index in [0.717, 1.165) is 5.92 Å². The number of hydrogen-bond donors (Lipinski definition) is 1. The molecule has 0 spiro atoms. The van der Waals surface area contributed by atoms with Crippen LogP contribution in [0.1, 0.15) is 59.0 Å². The van der Waals surface area contributed by atoms with E-state index in [4.69, 9.17) is 5.73 Å². The van der Waals surface area contributed by atoms with Crippen molar-refractivity contribution in [2.75, 3.05) is 0 Å². The zero-order valence-corrected chi connectivity index (χ0v) is 12.4. The van der Waals surface area contributed by atoms with Crippen LogP contribution in [0.2, 0.25) is 0 Å². The molecule has 1 aliphatic rings. The summed E-state index contributed by atoms with van der Waals surface area (Å²) in [6, 6.07) is 15.4. The Bertz CT molecular complexity index is 611. The standard InChI is InChI=1S/C19H23N/c1-13-9-10-18(11-14(13)2)19(20)17-8-4-7-16(12-17)15-5-3-6-15/h4,7-12,15,19H,3,5-6,20H2,1-2H3. The van der Waals surface area contributed by atoms with Gasteiger partial charge in [-0.1, -0.05) is 48.9 Å². The predicted molar refractivity (Wildman–Crippen MR) is 85.0 cm³/mol. The number of nitrogens with two attached hydrogens (primary N) is 1. The first-order valence-electron chi connectivity index (χ1n) is 7.58. The van der Waals surface area contributed by atoms with E-state index in [1.165, 1.54) is 47.1 Å². The van der Waals surface area contributed by atoms with E-state index >= 15 is 0 Å². The summed E-state index contributed by atoms with van der Waals surface area (Å²) in [5.41, 5.74) is 13.0. The molecule has 0 saturated heterocycles. The lowest BCUT2D eigenvalue weighted by Crippen LogP contribution is -2.14. The molecule has 1 atom stereocenters. The zero-order chi connectivity index (χ0) is 14.1. The molecule has 0 bridgehead atoms. The maximum atomic E-state index is 6.46. The van der Waals surface area contributed by atoms with Crippen molar-refractivity contribution in [3.8, 4) is 0 Å². The summed E-state index contributed by atoms with van der Waals surface area (Å²) >= 11 is 0. The van der Waals surface area contributed by atoms with E-state index in [2.05, 4.69) is 56.3 Å². The molecule has 1 heteroatoms. The van der Waals surface area contributed by atoms with Crippen molar-refractivity contribution in [3.05, 3.63) is 70.3 Å². The minimum absolute atomic E-state index is 0.0191. The van der Waals surface area contributed by atoms with Gasteiger partial charge in [-0.3, -0.25) is 0 Å². The van der Waals surface area contributed by atoms with Crippen molar-refractivity contribution in [2.45, 2.75) is 45.1 Å². The Hall–Kier alpha value is -1.60. The summed E-state index contributed by atoms with van der Waals surface area (Å²) < 4.78 is 0. The molecule has 3 rings (SSSR count). The van der Waals surface area contributed by atoms with Crippen LogP contribution in [0.5, 0.6) is 0 Å². The fourth-order valence-corrected chi connectivity index (χ4v) is 2.90. The van der Waals surface area contributed by atoms with Gasteiger partial charge in [0, 0.05) is 0 Å². The summed E-state index contributed by atoms with van der Waals surface area (Å²) in [6.07, 6.45) is 4.04. The molecule has 2 N–H and O–H groups in total. The van der Waals surface area contributed by atoms with Crippen LogP contribution >= 0.6 is 0 Å². The molecule has 1 fully saturated rings. The number of benzene rings is 2. The van der Waals surface area contributed by atoms with E-state index < -0.39 is 0 Å². The summed E-state index contributed by atoms with van der Waals surface area (Å²) in [4.78, 5) is 0. The third-order valence-electron chi connectivity index (χ3n) is 4.74. The van der Waals surface area contributed by atoms with Gasteiger partial charge in [0.05, 0.1) is 6.04 Å². The Labute approximate surface area is 121 Å². The summed E-state index contributed by atoms with van der Waals surface area (Å²) in [5, 5.41) is 0. The van der Waals surface area contributed by atoms with Crippen molar-refractivity contribution >= 4 is 0 Å². The first-order chi connectivity index (χ1) is 9.65. The Kier molecular flexibility index (Phi) is 3.62. The van der Waals surface area contributed by atoms with E-state index in [9.17, 15) is 0 Å². The van der Waals surface area contributed by atoms with E-state index in [1.807, 2.05) is 0 Å². The van der Waals surface area contributed by atoms with Gasteiger partial charge < -0.3 is 5.73 Å². The maximum Gasteiger partial charge on any atom is 0.0551 e. The van der Waals surface area contributed by atoms with Crippen LogP contribution in [-0.4, -0.2) is 0 Å². The van der Waals surface area contributed by atoms with Gasteiger partial charge in [0.2, 0.25) is 0 Å². The normalized spacial score (nSPS) is 16.8. The van der Waals surface area contributed by atoms with Gasteiger partial charge in [0.25, 0.3) is 0 Å². The zero-order valence-electron chi connectivity index (χ0n) is 12.4. The molecule has 0 radical (unpaired) electrons. The van der Waals surface area contributed by atoms with Crippen LogP contribution < -0.4 is 5.73 Å². The molecule has 2 aromatic rings. The number of hydrogen-bond acceptors (Lipinski definition) is 1. The van der Waals surface area contributed by atoms with Crippen LogP contribution in [0.25, 0.3) is 0 Å². The van der Waals surface area contributed by atoms with Gasteiger partial charge in [-0.05, 0) is 60.4 Å². The van der Waals surface area contributed by atoms with Crippen LogP contribution in [0.4, 0.5) is 0 Å². The van der Waals surface area contributed by atoms with Crippen LogP contribution in [0.15, 0.2) is 42.5 Å². The van der Waals surface area contributed by atoms with Gasteiger partial charge >= 0.3 is 0 Å². The highest BCUT2D eigenvalue weighted by atomic mass is 14.6. The number of rotatable bonds is 3. The second kappa shape index (κ2) is 5.41. The highest BCUT2D eigenvalue weighted by Crippen LogP contribution is 2.37. The smallest absolute Gasteiger partial charge is 0.0551 e. The van der Waals surface area contributed by atoms with E-state index in [1.54, 1.807) is 0 Å². The molecule has 1 aliphatic carbocycles. The molecule has 1 nitrogen and oxygen atoms in total. The Morgan fingerprint density at radius 3 is 2.35 bits per heavy atom. The van der Waals surface area contributed by atoms with Crippen molar-refractivity contribution in [2.24, 2.45) is 5.73 Å². The molecular weight excluding hydrogens is 242 g/mol. The average molecular weight is 265 g/mol. The minimum Gasteiger partial charge on any atom is -0.320 e. The molecule has 0 heterocycles. The Balaban J connectivity index is 1.89. The summed E-state index contributed by atoms with van der Waals surface area (Å²) in [5.74, 6) is 0.766. The van der Waals surface area contributed by atoms with Gasteiger partial charge in [0.1, 0.15) is 0 Å².